The van der Waals surface area contributed by atoms with E-state index >= 15 is 0 Å². The van der Waals surface area contributed by atoms with Crippen molar-refractivity contribution in [2.24, 2.45) is 5.41 Å². The molecule has 1 fully saturated rings. The lowest BCUT2D eigenvalue weighted by Gasteiger charge is -2.20. The zero-order valence-corrected chi connectivity index (χ0v) is 9.24. The van der Waals surface area contributed by atoms with Gasteiger partial charge in [-0.3, -0.25) is 4.79 Å². The van der Waals surface area contributed by atoms with Crippen molar-refractivity contribution in [2.45, 2.75) is 48.1 Å². The molecule has 17 heavy (non-hydrogen) atoms. The van der Waals surface area contributed by atoms with Crippen LogP contribution in [0.3, 0.4) is 0 Å². The number of hydrogen-bond donors (Lipinski definition) is 0. The van der Waals surface area contributed by atoms with Crippen molar-refractivity contribution in [1.29, 1.82) is 0 Å². The minimum Gasteiger partial charge on any atom is -0.461 e. The fourth-order valence-corrected chi connectivity index (χ4v) is 0.956. The fourth-order valence-electron chi connectivity index (χ4n) is 0.956. The Labute approximate surface area is 103 Å². The van der Waals surface area contributed by atoms with Crippen LogP contribution in [0.15, 0.2) is 0 Å². The number of carbonyl (C=O) groups excluding carboxylic acids is 2. The van der Waals surface area contributed by atoms with E-state index in [2.05, 4.69) is 4.74 Å². The minimum atomic E-state index is -0.703. The van der Waals surface area contributed by atoms with Crippen molar-refractivity contribution in [2.75, 3.05) is 13.2 Å². The van der Waals surface area contributed by atoms with E-state index < -0.39 is 17.7 Å². The Balaban J connectivity index is 0. The van der Waals surface area contributed by atoms with Crippen LogP contribution in [0.5, 0.6) is 0 Å². The molecule has 0 radical (unpaired) electrons. The summed E-state index contributed by atoms with van der Waals surface area (Å²) in [6.07, 6.45) is -0.466. The Kier molecular flexibility index (Phi) is 7.61. The van der Waals surface area contributed by atoms with Gasteiger partial charge >= 0.3 is 12.1 Å². The van der Waals surface area contributed by atoms with Gasteiger partial charge in [0.15, 0.2) is 6.10 Å². The molecule has 0 N–H and O–H groups in total. The maximum Gasteiger partial charge on any atom is 0.508 e. The van der Waals surface area contributed by atoms with Gasteiger partial charge in [-0.1, -0.05) is 21.8 Å². The van der Waals surface area contributed by atoms with Crippen molar-refractivity contribution < 1.29 is 23.8 Å². The molecule has 0 aromatic carbocycles. The van der Waals surface area contributed by atoms with Crippen molar-refractivity contribution in [1.82, 2.24) is 0 Å². The molecule has 5 heteroatoms. The average Bonchev–Trinajstić information content (AvgIpc) is 2.60. The first-order valence-corrected chi connectivity index (χ1v) is 4.96. The van der Waals surface area contributed by atoms with Crippen LogP contribution >= 0.6 is 0 Å². The second kappa shape index (κ2) is 7.14. The SMILES string of the molecule is C.C.CCC(C)(C)C(=O)OCC1COC(=O)O1. The highest BCUT2D eigenvalue weighted by atomic mass is 16.8. The summed E-state index contributed by atoms with van der Waals surface area (Å²) in [5.41, 5.74) is -0.497. The Bertz CT molecular complexity index is 260. The van der Waals surface area contributed by atoms with Crippen LogP contribution in [-0.2, 0) is 19.0 Å². The second-order valence-corrected chi connectivity index (χ2v) is 4.14. The van der Waals surface area contributed by atoms with E-state index in [4.69, 9.17) is 9.47 Å². The third-order valence-electron chi connectivity index (χ3n) is 2.49. The molecule has 0 spiro atoms. The molecule has 0 saturated carbocycles. The first kappa shape index (κ1) is 18.1. The zero-order valence-electron chi connectivity index (χ0n) is 9.24. The summed E-state index contributed by atoms with van der Waals surface area (Å²) in [6.45, 7) is 5.76. The lowest BCUT2D eigenvalue weighted by Crippen LogP contribution is -2.29. The smallest absolute Gasteiger partial charge is 0.461 e. The third kappa shape index (κ3) is 5.06. The monoisotopic (exact) mass is 248 g/mol. The van der Waals surface area contributed by atoms with Gasteiger partial charge in [-0.2, -0.15) is 0 Å². The standard InChI is InChI=1S/C10H16O5.2CH4/c1-4-10(2,3)8(11)13-5-7-6-14-9(12)15-7;;/h7H,4-6H2,1-3H3;2*1H4. The minimum absolute atomic E-state index is 0. The van der Waals surface area contributed by atoms with Crippen LogP contribution in [0.2, 0.25) is 0 Å². The van der Waals surface area contributed by atoms with Gasteiger partial charge in [-0.05, 0) is 20.3 Å². The van der Waals surface area contributed by atoms with Crippen LogP contribution in [-0.4, -0.2) is 31.4 Å². The topological polar surface area (TPSA) is 61.8 Å². The predicted octanol–water partition coefficient (Wildman–Crippen LogP) is 2.77. The van der Waals surface area contributed by atoms with Crippen LogP contribution in [0.25, 0.3) is 0 Å². The molecule has 1 unspecified atom stereocenters. The lowest BCUT2D eigenvalue weighted by atomic mass is 9.91. The summed E-state index contributed by atoms with van der Waals surface area (Å²) in [5, 5.41) is 0. The van der Waals surface area contributed by atoms with E-state index in [1.165, 1.54) is 0 Å². The van der Waals surface area contributed by atoms with E-state index in [1.54, 1.807) is 0 Å². The van der Waals surface area contributed by atoms with E-state index in [1.807, 2.05) is 20.8 Å². The molecule has 0 aromatic rings. The number of rotatable bonds is 4. The normalized spacial score (nSPS) is 18.3. The van der Waals surface area contributed by atoms with Crippen LogP contribution < -0.4 is 0 Å². The quantitative estimate of drug-likeness (QED) is 0.716. The third-order valence-corrected chi connectivity index (χ3v) is 2.49. The lowest BCUT2D eigenvalue weighted by molar-refractivity contribution is -0.156. The largest absolute Gasteiger partial charge is 0.508 e. The second-order valence-electron chi connectivity index (χ2n) is 4.14. The van der Waals surface area contributed by atoms with Crippen molar-refractivity contribution in [3.8, 4) is 0 Å². The first-order valence-electron chi connectivity index (χ1n) is 4.96. The molecule has 1 saturated heterocycles. The van der Waals surface area contributed by atoms with Gasteiger partial charge in [0.2, 0.25) is 0 Å². The van der Waals surface area contributed by atoms with Crippen molar-refractivity contribution >= 4 is 12.1 Å². The number of esters is 1. The summed E-state index contributed by atoms with van der Waals surface area (Å²) in [4.78, 5) is 22.1. The molecule has 1 atom stereocenters. The molecule has 0 amide bonds. The Morgan fingerprint density at radius 2 is 2.06 bits per heavy atom. The van der Waals surface area contributed by atoms with E-state index in [9.17, 15) is 9.59 Å². The molecular formula is C12H24O5. The summed E-state index contributed by atoms with van der Waals surface area (Å²) in [7, 11) is 0. The molecule has 5 nitrogen and oxygen atoms in total. The highest BCUT2D eigenvalue weighted by Crippen LogP contribution is 2.21. The van der Waals surface area contributed by atoms with Crippen molar-refractivity contribution in [3.05, 3.63) is 0 Å². The van der Waals surface area contributed by atoms with Gasteiger partial charge in [0, 0.05) is 0 Å². The summed E-state index contributed by atoms with van der Waals surface area (Å²) in [5.74, 6) is -0.284. The molecule has 1 aliphatic rings. The number of carbonyl (C=O) groups is 2. The summed E-state index contributed by atoms with van der Waals surface area (Å²) in [6, 6.07) is 0. The van der Waals surface area contributed by atoms with E-state index in [-0.39, 0.29) is 34.0 Å². The molecular weight excluding hydrogens is 224 g/mol. The van der Waals surface area contributed by atoms with Gasteiger partial charge in [0.1, 0.15) is 13.2 Å². The van der Waals surface area contributed by atoms with Crippen LogP contribution in [0.1, 0.15) is 42.0 Å². The van der Waals surface area contributed by atoms with Gasteiger partial charge in [0.25, 0.3) is 0 Å². The van der Waals surface area contributed by atoms with E-state index in [0.717, 1.165) is 0 Å². The van der Waals surface area contributed by atoms with Gasteiger partial charge in [-0.25, -0.2) is 4.79 Å². The van der Waals surface area contributed by atoms with E-state index in [0.29, 0.717) is 6.42 Å². The Morgan fingerprint density at radius 1 is 1.47 bits per heavy atom. The maximum atomic E-state index is 11.5. The number of hydrogen-bond acceptors (Lipinski definition) is 5. The summed E-state index contributed by atoms with van der Waals surface area (Å²) >= 11 is 0. The highest BCUT2D eigenvalue weighted by molar-refractivity contribution is 5.75. The molecule has 1 aliphatic heterocycles. The van der Waals surface area contributed by atoms with Crippen LogP contribution in [0.4, 0.5) is 4.79 Å². The van der Waals surface area contributed by atoms with Gasteiger partial charge in [-0.15, -0.1) is 0 Å². The fraction of sp³-hybridized carbons (Fsp3) is 0.833. The van der Waals surface area contributed by atoms with Gasteiger partial charge in [0.05, 0.1) is 5.41 Å². The number of ether oxygens (including phenoxy) is 3. The summed E-state index contributed by atoms with van der Waals surface area (Å²) < 4.78 is 14.3. The zero-order chi connectivity index (χ0) is 11.5. The molecule has 1 rings (SSSR count). The molecule has 102 valence electrons. The Morgan fingerprint density at radius 3 is 2.47 bits per heavy atom. The molecule has 1 heterocycles. The molecule has 0 aromatic heterocycles. The maximum absolute atomic E-state index is 11.5. The molecule has 0 bridgehead atoms. The molecule has 0 aliphatic carbocycles. The number of cyclic esters (lactones) is 2. The first-order chi connectivity index (χ1) is 6.95. The van der Waals surface area contributed by atoms with Gasteiger partial charge < -0.3 is 14.2 Å². The van der Waals surface area contributed by atoms with Crippen LogP contribution in [0, 0.1) is 5.41 Å². The highest BCUT2D eigenvalue weighted by Gasteiger charge is 2.30. The average molecular weight is 248 g/mol. The predicted molar refractivity (Wildman–Crippen MR) is 64.7 cm³/mol. The Hall–Kier alpha value is -1.26. The van der Waals surface area contributed by atoms with Crippen molar-refractivity contribution in [3.63, 3.8) is 0 Å².